The van der Waals surface area contributed by atoms with Gasteiger partial charge in [0.1, 0.15) is 5.65 Å². The lowest BCUT2D eigenvalue weighted by Gasteiger charge is -2.11. The van der Waals surface area contributed by atoms with Crippen molar-refractivity contribution in [3.05, 3.63) is 75.2 Å². The van der Waals surface area contributed by atoms with Gasteiger partial charge in [-0.25, -0.2) is 9.97 Å². The number of fused-ring (bicyclic) bond motifs is 2. The van der Waals surface area contributed by atoms with Crippen LogP contribution in [0, 0.1) is 6.92 Å². The summed E-state index contributed by atoms with van der Waals surface area (Å²) in [7, 11) is 0. The van der Waals surface area contributed by atoms with Gasteiger partial charge in [0.25, 0.3) is 0 Å². The number of rotatable bonds is 2. The molecule has 0 saturated carbocycles. The fourth-order valence-electron chi connectivity index (χ4n) is 3.28. The summed E-state index contributed by atoms with van der Waals surface area (Å²) in [6.45, 7) is 1.95. The Hall–Kier alpha value is -3.09. The molecule has 4 aromatic heterocycles. The van der Waals surface area contributed by atoms with E-state index < -0.39 is 0 Å². The number of pyridine rings is 3. The van der Waals surface area contributed by atoms with E-state index in [1.165, 1.54) is 6.07 Å². The third-order valence-corrected chi connectivity index (χ3v) is 5.77. The molecular formula is C21H13ClN4OS. The summed E-state index contributed by atoms with van der Waals surface area (Å²) in [5.41, 5.74) is 3.69. The lowest BCUT2D eigenvalue weighted by Crippen LogP contribution is -2.03. The number of halogens is 1. The Morgan fingerprint density at radius 2 is 2.04 bits per heavy atom. The molecule has 7 heteroatoms. The zero-order valence-corrected chi connectivity index (χ0v) is 16.3. The number of thiazole rings is 1. The first kappa shape index (κ1) is 17.0. The van der Waals surface area contributed by atoms with Gasteiger partial charge in [-0.3, -0.25) is 9.78 Å². The molecule has 5 nitrogen and oxygen atoms in total. The molecule has 0 aliphatic rings. The zero-order chi connectivity index (χ0) is 19.3. The van der Waals surface area contributed by atoms with Crippen molar-refractivity contribution in [1.82, 2.24) is 19.9 Å². The highest BCUT2D eigenvalue weighted by atomic mass is 35.5. The molecule has 5 rings (SSSR count). The first-order valence-electron chi connectivity index (χ1n) is 8.60. The fraction of sp³-hybridized carbons (Fsp3) is 0.0476. The second kappa shape index (κ2) is 6.51. The maximum atomic E-state index is 12.4. The monoisotopic (exact) mass is 404 g/mol. The van der Waals surface area contributed by atoms with E-state index in [0.717, 1.165) is 37.6 Å². The summed E-state index contributed by atoms with van der Waals surface area (Å²) in [5, 5.41) is 2.97. The summed E-state index contributed by atoms with van der Waals surface area (Å²) >= 11 is 8.06. The summed E-state index contributed by atoms with van der Waals surface area (Å²) in [4.78, 5) is 29.9. The quantitative estimate of drug-likeness (QED) is 0.437. The fourth-order valence-corrected chi connectivity index (χ4v) is 4.34. The van der Waals surface area contributed by atoms with Gasteiger partial charge in [-0.05, 0) is 36.8 Å². The van der Waals surface area contributed by atoms with E-state index >= 15 is 0 Å². The van der Waals surface area contributed by atoms with E-state index in [4.69, 9.17) is 16.6 Å². The van der Waals surface area contributed by atoms with E-state index in [-0.39, 0.29) is 5.43 Å². The molecule has 0 aliphatic heterocycles. The Morgan fingerprint density at radius 1 is 1.14 bits per heavy atom. The summed E-state index contributed by atoms with van der Waals surface area (Å²) in [6, 6.07) is 11.1. The molecule has 0 radical (unpaired) electrons. The van der Waals surface area contributed by atoms with Crippen LogP contribution in [-0.2, 0) is 0 Å². The van der Waals surface area contributed by atoms with Crippen LogP contribution in [0.3, 0.4) is 0 Å². The molecule has 28 heavy (non-hydrogen) atoms. The van der Waals surface area contributed by atoms with Crippen LogP contribution in [0.15, 0.2) is 59.8 Å². The SMILES string of the molecule is Cc1ncc(-c2nc3[nH]ccc(=O)c3cc2-c2cc(Cl)c3ncccc3c2)s1. The molecule has 0 fully saturated rings. The van der Waals surface area contributed by atoms with E-state index in [1.807, 2.05) is 43.5 Å². The van der Waals surface area contributed by atoms with Crippen molar-refractivity contribution in [2.75, 3.05) is 0 Å². The molecule has 0 unspecified atom stereocenters. The van der Waals surface area contributed by atoms with Crippen molar-refractivity contribution in [3.8, 4) is 21.7 Å². The molecule has 136 valence electrons. The second-order valence-corrected chi connectivity index (χ2v) is 8.04. The zero-order valence-electron chi connectivity index (χ0n) is 14.7. The largest absolute Gasteiger partial charge is 0.346 e. The number of benzene rings is 1. The lowest BCUT2D eigenvalue weighted by atomic mass is 9.99. The highest BCUT2D eigenvalue weighted by Crippen LogP contribution is 2.37. The smallest absolute Gasteiger partial charge is 0.191 e. The maximum absolute atomic E-state index is 12.4. The Bertz CT molecular complexity index is 1420. The molecular weight excluding hydrogens is 392 g/mol. The summed E-state index contributed by atoms with van der Waals surface area (Å²) in [6.07, 6.45) is 5.14. The van der Waals surface area contributed by atoms with Gasteiger partial charge in [-0.2, -0.15) is 0 Å². The third kappa shape index (κ3) is 2.78. The van der Waals surface area contributed by atoms with Crippen LogP contribution in [0.4, 0.5) is 0 Å². The average Bonchev–Trinajstić information content (AvgIpc) is 3.14. The van der Waals surface area contributed by atoms with Crippen molar-refractivity contribution in [2.24, 2.45) is 0 Å². The van der Waals surface area contributed by atoms with Gasteiger partial charge < -0.3 is 4.98 Å². The Kier molecular flexibility index (Phi) is 3.96. The summed E-state index contributed by atoms with van der Waals surface area (Å²) < 4.78 is 0. The van der Waals surface area contributed by atoms with E-state index in [2.05, 4.69) is 15.0 Å². The van der Waals surface area contributed by atoms with Crippen molar-refractivity contribution in [1.29, 1.82) is 0 Å². The Balaban J connectivity index is 1.87. The molecule has 0 spiro atoms. The van der Waals surface area contributed by atoms with Gasteiger partial charge in [-0.15, -0.1) is 11.3 Å². The van der Waals surface area contributed by atoms with Crippen molar-refractivity contribution >= 4 is 44.9 Å². The van der Waals surface area contributed by atoms with Gasteiger partial charge in [0.05, 0.1) is 31.5 Å². The van der Waals surface area contributed by atoms with Gasteiger partial charge in [0, 0.05) is 35.6 Å². The molecule has 0 saturated heterocycles. The van der Waals surface area contributed by atoms with Gasteiger partial charge in [0.15, 0.2) is 5.43 Å². The topological polar surface area (TPSA) is 71.5 Å². The van der Waals surface area contributed by atoms with Crippen LogP contribution in [-0.4, -0.2) is 19.9 Å². The van der Waals surface area contributed by atoms with Crippen LogP contribution < -0.4 is 5.43 Å². The van der Waals surface area contributed by atoms with Crippen LogP contribution in [0.25, 0.3) is 43.6 Å². The normalized spacial score (nSPS) is 11.4. The number of hydrogen-bond acceptors (Lipinski definition) is 5. The number of H-pyrrole nitrogens is 1. The number of nitrogens with one attached hydrogen (secondary N) is 1. The predicted octanol–water partition coefficient (Wildman–Crippen LogP) is 5.22. The molecule has 1 aromatic carbocycles. The number of aromatic amines is 1. The number of aryl methyl sites for hydroxylation is 1. The van der Waals surface area contributed by atoms with Crippen LogP contribution in [0.1, 0.15) is 5.01 Å². The first-order chi connectivity index (χ1) is 13.6. The average molecular weight is 405 g/mol. The maximum Gasteiger partial charge on any atom is 0.191 e. The number of hydrogen-bond donors (Lipinski definition) is 1. The molecule has 5 aromatic rings. The number of nitrogens with zero attached hydrogens (tertiary/aromatic N) is 3. The molecule has 0 amide bonds. The van der Waals surface area contributed by atoms with Crippen molar-refractivity contribution < 1.29 is 0 Å². The molecule has 0 bridgehead atoms. The van der Waals surface area contributed by atoms with Crippen LogP contribution in [0.2, 0.25) is 5.02 Å². The standard InChI is InChI=1S/C21H13ClN4OS/c1-11-25-10-18(28-11)20-14(9-15-17(27)4-6-24-21(15)26-20)13-7-12-3-2-5-23-19(12)16(22)8-13/h2-10H,1H3,(H,24,26,27). The third-order valence-electron chi connectivity index (χ3n) is 4.57. The van der Waals surface area contributed by atoms with E-state index in [9.17, 15) is 4.79 Å². The van der Waals surface area contributed by atoms with Gasteiger partial charge in [-0.1, -0.05) is 17.7 Å². The van der Waals surface area contributed by atoms with Crippen LogP contribution >= 0.6 is 22.9 Å². The van der Waals surface area contributed by atoms with Gasteiger partial charge >= 0.3 is 0 Å². The minimum Gasteiger partial charge on any atom is -0.346 e. The predicted molar refractivity (Wildman–Crippen MR) is 114 cm³/mol. The van der Waals surface area contributed by atoms with Gasteiger partial charge in [0.2, 0.25) is 0 Å². The summed E-state index contributed by atoms with van der Waals surface area (Å²) in [5.74, 6) is 0. The lowest BCUT2D eigenvalue weighted by molar-refractivity contribution is 1.27. The molecule has 0 aliphatic carbocycles. The molecule has 0 atom stereocenters. The van der Waals surface area contributed by atoms with E-state index in [1.54, 1.807) is 23.7 Å². The Labute approximate surface area is 168 Å². The molecule has 4 heterocycles. The molecule has 1 N–H and O–H groups in total. The van der Waals surface area contributed by atoms with E-state index in [0.29, 0.717) is 16.1 Å². The van der Waals surface area contributed by atoms with Crippen molar-refractivity contribution in [2.45, 2.75) is 6.92 Å². The highest BCUT2D eigenvalue weighted by molar-refractivity contribution is 7.15. The first-order valence-corrected chi connectivity index (χ1v) is 9.79. The minimum atomic E-state index is -0.0805. The van der Waals surface area contributed by atoms with Crippen LogP contribution in [0.5, 0.6) is 0 Å². The van der Waals surface area contributed by atoms with Crippen molar-refractivity contribution in [3.63, 3.8) is 0 Å². The Morgan fingerprint density at radius 3 is 2.86 bits per heavy atom. The number of aromatic nitrogens is 4. The highest BCUT2D eigenvalue weighted by Gasteiger charge is 2.16. The second-order valence-electron chi connectivity index (χ2n) is 6.40. The minimum absolute atomic E-state index is 0.0805.